The minimum atomic E-state index is -0.793. The Balaban J connectivity index is 2.43. The summed E-state index contributed by atoms with van der Waals surface area (Å²) in [5.74, 6) is -0.330. The first-order chi connectivity index (χ1) is 11.0. The average molecular weight is 325 g/mol. The number of hydrogen-bond donors (Lipinski definition) is 0. The molecule has 2 rings (SSSR count). The molecule has 23 heavy (non-hydrogen) atoms. The van der Waals surface area contributed by atoms with Crippen molar-refractivity contribution in [2.75, 3.05) is 19.9 Å². The highest BCUT2D eigenvalue weighted by Crippen LogP contribution is 2.44. The Morgan fingerprint density at radius 2 is 2.09 bits per heavy atom. The van der Waals surface area contributed by atoms with Crippen LogP contribution in [0.2, 0.25) is 0 Å². The van der Waals surface area contributed by atoms with Crippen LogP contribution in [0.1, 0.15) is 38.2 Å². The molecule has 6 nitrogen and oxygen atoms in total. The van der Waals surface area contributed by atoms with Crippen LogP contribution in [0.5, 0.6) is 5.75 Å². The van der Waals surface area contributed by atoms with E-state index in [0.29, 0.717) is 18.4 Å². The zero-order chi connectivity index (χ0) is 16.9. The third-order valence-electron chi connectivity index (χ3n) is 4.17. The zero-order valence-electron chi connectivity index (χ0n) is 13.0. The number of carbonyl (C=O) groups excluding carboxylic acids is 1. The predicted octanol–water partition coefficient (Wildman–Crippen LogP) is 3.32. The molecule has 126 valence electrons. The highest BCUT2D eigenvalue weighted by Gasteiger charge is 2.44. The predicted molar refractivity (Wildman–Crippen MR) is 81.3 cm³/mol. The molecule has 1 aromatic rings. The first-order valence-corrected chi connectivity index (χ1v) is 7.70. The molecular weight excluding hydrogens is 305 g/mol. The first-order valence-electron chi connectivity index (χ1n) is 7.70. The second-order valence-corrected chi connectivity index (χ2v) is 5.49. The normalized spacial score (nSPS) is 16.1. The Kier molecular flexibility index (Phi) is 5.52. The fourth-order valence-electron chi connectivity index (χ4n) is 3.09. The summed E-state index contributed by atoms with van der Waals surface area (Å²) in [5, 5.41) is 11.1. The van der Waals surface area contributed by atoms with Crippen molar-refractivity contribution in [2.24, 2.45) is 0 Å². The molecule has 0 bridgehead atoms. The number of esters is 1. The summed E-state index contributed by atoms with van der Waals surface area (Å²) in [4.78, 5) is 22.9. The summed E-state index contributed by atoms with van der Waals surface area (Å²) in [5.41, 5.74) is -0.397. The SMILES string of the molecule is CCOC(=O)C1(c2ccc([N+](=O)[O-])c(OCCF)c2)CCCC1. The molecule has 1 fully saturated rings. The van der Waals surface area contributed by atoms with Gasteiger partial charge in [0.15, 0.2) is 5.75 Å². The summed E-state index contributed by atoms with van der Waals surface area (Å²) in [6, 6.07) is 4.36. The van der Waals surface area contributed by atoms with Gasteiger partial charge in [0.05, 0.1) is 16.9 Å². The van der Waals surface area contributed by atoms with Gasteiger partial charge in [-0.25, -0.2) is 4.39 Å². The van der Waals surface area contributed by atoms with Crippen LogP contribution in [0.4, 0.5) is 10.1 Å². The second kappa shape index (κ2) is 7.39. The largest absolute Gasteiger partial charge is 0.484 e. The maximum absolute atomic E-state index is 12.5. The standard InChI is InChI=1S/C16H20FNO5/c1-2-22-15(19)16(7-3-4-8-16)12-5-6-13(18(20)21)14(11-12)23-10-9-17/h5-6,11H,2-4,7-10H2,1H3. The van der Waals surface area contributed by atoms with Crippen molar-refractivity contribution in [2.45, 2.75) is 38.0 Å². The lowest BCUT2D eigenvalue weighted by molar-refractivity contribution is -0.385. The summed E-state index contributed by atoms with van der Waals surface area (Å²) < 4.78 is 22.7. The third-order valence-corrected chi connectivity index (χ3v) is 4.17. The molecule has 1 saturated carbocycles. The Morgan fingerprint density at radius 1 is 1.39 bits per heavy atom. The number of rotatable bonds is 7. The number of halogens is 1. The van der Waals surface area contributed by atoms with Crippen LogP contribution in [-0.4, -0.2) is 30.8 Å². The second-order valence-electron chi connectivity index (χ2n) is 5.49. The molecule has 0 saturated heterocycles. The van der Waals surface area contributed by atoms with E-state index in [2.05, 4.69) is 0 Å². The molecule has 1 aromatic carbocycles. The Labute approximate surface area is 133 Å². The van der Waals surface area contributed by atoms with Gasteiger partial charge in [-0.15, -0.1) is 0 Å². The summed E-state index contributed by atoms with van der Waals surface area (Å²) in [6.07, 6.45) is 3.03. The molecule has 0 aliphatic heterocycles. The average Bonchev–Trinajstić information content (AvgIpc) is 3.03. The van der Waals surface area contributed by atoms with Crippen molar-refractivity contribution >= 4 is 11.7 Å². The van der Waals surface area contributed by atoms with E-state index in [4.69, 9.17) is 9.47 Å². The lowest BCUT2D eigenvalue weighted by atomic mass is 9.78. The molecule has 1 aliphatic carbocycles. The van der Waals surface area contributed by atoms with Crippen LogP contribution in [0.25, 0.3) is 0 Å². The van der Waals surface area contributed by atoms with Crippen molar-refractivity contribution < 1.29 is 23.6 Å². The fraction of sp³-hybridized carbons (Fsp3) is 0.562. The number of nitro benzene ring substituents is 1. The molecule has 0 amide bonds. The molecule has 0 radical (unpaired) electrons. The fourth-order valence-corrected chi connectivity index (χ4v) is 3.09. The van der Waals surface area contributed by atoms with Crippen LogP contribution in [0.3, 0.4) is 0 Å². The van der Waals surface area contributed by atoms with Crippen molar-refractivity contribution in [3.05, 3.63) is 33.9 Å². The highest BCUT2D eigenvalue weighted by atomic mass is 19.1. The monoisotopic (exact) mass is 325 g/mol. The van der Waals surface area contributed by atoms with Gasteiger partial charge in [0.1, 0.15) is 13.3 Å². The molecule has 7 heteroatoms. The van der Waals surface area contributed by atoms with E-state index in [1.807, 2.05) is 0 Å². The van der Waals surface area contributed by atoms with Crippen LogP contribution >= 0.6 is 0 Å². The van der Waals surface area contributed by atoms with E-state index >= 15 is 0 Å². The van der Waals surface area contributed by atoms with Crippen molar-refractivity contribution in [1.82, 2.24) is 0 Å². The number of alkyl halides is 1. The van der Waals surface area contributed by atoms with Gasteiger partial charge in [-0.1, -0.05) is 18.9 Å². The first kappa shape index (κ1) is 17.2. The van der Waals surface area contributed by atoms with E-state index < -0.39 is 17.0 Å². The van der Waals surface area contributed by atoms with Gasteiger partial charge in [0.2, 0.25) is 0 Å². The van der Waals surface area contributed by atoms with Gasteiger partial charge in [0, 0.05) is 6.07 Å². The maximum atomic E-state index is 12.5. The van der Waals surface area contributed by atoms with Crippen molar-refractivity contribution in [1.29, 1.82) is 0 Å². The minimum absolute atomic E-state index is 0.0132. The lowest BCUT2D eigenvalue weighted by Crippen LogP contribution is -2.34. The molecule has 0 unspecified atom stereocenters. The molecular formula is C16H20FNO5. The quantitative estimate of drug-likeness (QED) is 0.436. The van der Waals surface area contributed by atoms with E-state index in [1.54, 1.807) is 13.0 Å². The third kappa shape index (κ3) is 3.43. The zero-order valence-corrected chi connectivity index (χ0v) is 13.0. The Bertz CT molecular complexity index is 584. The van der Waals surface area contributed by atoms with Crippen LogP contribution in [0.15, 0.2) is 18.2 Å². The van der Waals surface area contributed by atoms with Gasteiger partial charge in [-0.3, -0.25) is 14.9 Å². The molecule has 1 aliphatic rings. The van der Waals surface area contributed by atoms with E-state index in [1.165, 1.54) is 12.1 Å². The summed E-state index contributed by atoms with van der Waals surface area (Å²) >= 11 is 0. The number of nitrogens with zero attached hydrogens (tertiary/aromatic N) is 1. The number of ether oxygens (including phenoxy) is 2. The van der Waals surface area contributed by atoms with Gasteiger partial charge in [-0.2, -0.15) is 0 Å². The van der Waals surface area contributed by atoms with Crippen LogP contribution in [0, 0.1) is 10.1 Å². The van der Waals surface area contributed by atoms with Crippen LogP contribution < -0.4 is 4.74 Å². The van der Waals surface area contributed by atoms with Crippen molar-refractivity contribution in [3.63, 3.8) is 0 Å². The van der Waals surface area contributed by atoms with E-state index in [9.17, 15) is 19.3 Å². The maximum Gasteiger partial charge on any atom is 0.316 e. The number of carbonyl (C=O) groups is 1. The number of benzene rings is 1. The summed E-state index contributed by atoms with van der Waals surface area (Å²) in [7, 11) is 0. The Hall–Kier alpha value is -2.18. The van der Waals surface area contributed by atoms with Crippen molar-refractivity contribution in [3.8, 4) is 5.75 Å². The highest BCUT2D eigenvalue weighted by molar-refractivity contribution is 5.84. The van der Waals surface area contributed by atoms with Gasteiger partial charge >= 0.3 is 11.7 Å². The number of hydrogen-bond acceptors (Lipinski definition) is 5. The Morgan fingerprint density at radius 3 is 2.65 bits per heavy atom. The van der Waals surface area contributed by atoms with Gasteiger partial charge < -0.3 is 9.47 Å². The van der Waals surface area contributed by atoms with E-state index in [-0.39, 0.29) is 30.6 Å². The molecule has 0 heterocycles. The van der Waals surface area contributed by atoms with E-state index in [0.717, 1.165) is 12.8 Å². The molecule has 0 spiro atoms. The smallest absolute Gasteiger partial charge is 0.316 e. The number of nitro groups is 1. The molecule has 0 aromatic heterocycles. The molecule has 0 N–H and O–H groups in total. The minimum Gasteiger partial charge on any atom is -0.484 e. The van der Waals surface area contributed by atoms with Gasteiger partial charge in [0.25, 0.3) is 0 Å². The topological polar surface area (TPSA) is 78.7 Å². The lowest BCUT2D eigenvalue weighted by Gasteiger charge is -2.27. The van der Waals surface area contributed by atoms with Crippen LogP contribution in [-0.2, 0) is 14.9 Å². The van der Waals surface area contributed by atoms with Gasteiger partial charge in [-0.05, 0) is 31.4 Å². The summed E-state index contributed by atoms with van der Waals surface area (Å²) in [6.45, 7) is 1.01. The molecule has 0 atom stereocenters.